The SMILES string of the molecule is CCc1ccc(S(=O)(=O)NCCCC(C)(C)C)cc1. The Morgan fingerprint density at radius 3 is 2.16 bits per heavy atom. The molecule has 4 heteroatoms. The average molecular weight is 283 g/mol. The van der Waals surface area contributed by atoms with Gasteiger partial charge in [0, 0.05) is 6.54 Å². The van der Waals surface area contributed by atoms with E-state index >= 15 is 0 Å². The molecule has 0 saturated carbocycles. The van der Waals surface area contributed by atoms with E-state index in [0.717, 1.165) is 24.8 Å². The highest BCUT2D eigenvalue weighted by atomic mass is 32.2. The van der Waals surface area contributed by atoms with Crippen LogP contribution in [0, 0.1) is 5.41 Å². The van der Waals surface area contributed by atoms with Crippen molar-refractivity contribution in [2.24, 2.45) is 5.41 Å². The Labute approximate surface area is 117 Å². The third-order valence-electron chi connectivity index (χ3n) is 3.04. The fourth-order valence-electron chi connectivity index (χ4n) is 1.81. The predicted octanol–water partition coefficient (Wildman–Crippen LogP) is 3.35. The van der Waals surface area contributed by atoms with Crippen LogP contribution in [-0.2, 0) is 16.4 Å². The van der Waals surface area contributed by atoms with Crippen molar-refractivity contribution in [2.45, 2.75) is 51.9 Å². The normalized spacial score (nSPS) is 12.6. The summed E-state index contributed by atoms with van der Waals surface area (Å²) in [5, 5.41) is 0. The van der Waals surface area contributed by atoms with Crippen LogP contribution in [0.1, 0.15) is 46.1 Å². The molecular formula is C15H25NO2S. The second-order valence-corrected chi connectivity index (χ2v) is 7.83. The Kier molecular flexibility index (Phi) is 5.56. The zero-order valence-electron chi connectivity index (χ0n) is 12.4. The molecule has 0 aromatic heterocycles. The van der Waals surface area contributed by atoms with Gasteiger partial charge in [-0.2, -0.15) is 0 Å². The van der Waals surface area contributed by atoms with E-state index in [0.29, 0.717) is 11.4 Å². The lowest BCUT2D eigenvalue weighted by atomic mass is 9.91. The first-order valence-corrected chi connectivity index (χ1v) is 8.31. The van der Waals surface area contributed by atoms with E-state index in [1.807, 2.05) is 19.1 Å². The molecule has 0 atom stereocenters. The third kappa shape index (κ3) is 5.74. The summed E-state index contributed by atoms with van der Waals surface area (Å²) in [6.45, 7) is 9.02. The van der Waals surface area contributed by atoms with Crippen molar-refractivity contribution >= 4 is 10.0 Å². The molecule has 0 aliphatic carbocycles. The van der Waals surface area contributed by atoms with Gasteiger partial charge in [0.25, 0.3) is 0 Å². The van der Waals surface area contributed by atoms with Gasteiger partial charge in [0.15, 0.2) is 0 Å². The summed E-state index contributed by atoms with van der Waals surface area (Å²) < 4.78 is 26.7. The Hall–Kier alpha value is -0.870. The topological polar surface area (TPSA) is 46.2 Å². The van der Waals surface area contributed by atoms with Gasteiger partial charge in [-0.05, 0) is 42.4 Å². The van der Waals surface area contributed by atoms with Crippen LogP contribution in [-0.4, -0.2) is 15.0 Å². The molecule has 0 spiro atoms. The lowest BCUT2D eigenvalue weighted by Gasteiger charge is -2.17. The lowest BCUT2D eigenvalue weighted by molar-refractivity contribution is 0.365. The highest BCUT2D eigenvalue weighted by Crippen LogP contribution is 2.20. The van der Waals surface area contributed by atoms with Crippen LogP contribution >= 0.6 is 0 Å². The van der Waals surface area contributed by atoms with Crippen LogP contribution in [0.25, 0.3) is 0 Å². The number of aryl methyl sites for hydroxylation is 1. The van der Waals surface area contributed by atoms with Crippen LogP contribution in [0.2, 0.25) is 0 Å². The van der Waals surface area contributed by atoms with Crippen LogP contribution in [0.4, 0.5) is 0 Å². The van der Waals surface area contributed by atoms with Gasteiger partial charge in [0.2, 0.25) is 10.0 Å². The zero-order chi connectivity index (χ0) is 14.5. The van der Waals surface area contributed by atoms with Crippen LogP contribution in [0.5, 0.6) is 0 Å². The van der Waals surface area contributed by atoms with Crippen molar-refractivity contribution in [3.63, 3.8) is 0 Å². The first-order valence-electron chi connectivity index (χ1n) is 6.83. The molecule has 19 heavy (non-hydrogen) atoms. The summed E-state index contributed by atoms with van der Waals surface area (Å²) in [6, 6.07) is 7.07. The molecule has 0 aliphatic heterocycles. The summed E-state index contributed by atoms with van der Waals surface area (Å²) in [5.41, 5.74) is 1.39. The number of hydrogen-bond acceptors (Lipinski definition) is 2. The highest BCUT2D eigenvalue weighted by Gasteiger charge is 2.14. The van der Waals surface area contributed by atoms with Crippen LogP contribution in [0.3, 0.4) is 0 Å². The van der Waals surface area contributed by atoms with Gasteiger partial charge in [-0.25, -0.2) is 13.1 Å². The Morgan fingerprint density at radius 1 is 1.11 bits per heavy atom. The quantitative estimate of drug-likeness (QED) is 0.814. The first-order chi connectivity index (χ1) is 8.74. The largest absolute Gasteiger partial charge is 0.240 e. The molecule has 0 fully saturated rings. The monoisotopic (exact) mass is 283 g/mol. The van der Waals surface area contributed by atoms with Crippen molar-refractivity contribution in [3.05, 3.63) is 29.8 Å². The fourth-order valence-corrected chi connectivity index (χ4v) is 2.89. The molecule has 1 aromatic rings. The minimum Gasteiger partial charge on any atom is -0.211 e. The minimum absolute atomic E-state index is 0.244. The molecule has 3 nitrogen and oxygen atoms in total. The number of sulfonamides is 1. The maximum Gasteiger partial charge on any atom is 0.240 e. The van der Waals surface area contributed by atoms with E-state index in [4.69, 9.17) is 0 Å². The lowest BCUT2D eigenvalue weighted by Crippen LogP contribution is -2.25. The molecule has 0 amide bonds. The third-order valence-corrected chi connectivity index (χ3v) is 4.51. The number of rotatable bonds is 6. The number of benzene rings is 1. The van der Waals surface area contributed by atoms with Crippen LogP contribution < -0.4 is 4.72 Å². The van der Waals surface area contributed by atoms with Gasteiger partial charge in [-0.1, -0.05) is 39.8 Å². The van der Waals surface area contributed by atoms with E-state index in [1.54, 1.807) is 12.1 Å². The fraction of sp³-hybridized carbons (Fsp3) is 0.600. The number of hydrogen-bond donors (Lipinski definition) is 1. The Bertz CT molecular complexity index is 484. The molecule has 1 aromatic carbocycles. The van der Waals surface area contributed by atoms with E-state index in [9.17, 15) is 8.42 Å². The van der Waals surface area contributed by atoms with Gasteiger partial charge in [-0.3, -0.25) is 0 Å². The van der Waals surface area contributed by atoms with Crippen LogP contribution in [0.15, 0.2) is 29.2 Å². The predicted molar refractivity (Wildman–Crippen MR) is 79.7 cm³/mol. The first kappa shape index (κ1) is 16.2. The van der Waals surface area contributed by atoms with Gasteiger partial charge >= 0.3 is 0 Å². The molecular weight excluding hydrogens is 258 g/mol. The van der Waals surface area contributed by atoms with Crippen molar-refractivity contribution in [1.29, 1.82) is 0 Å². The van der Waals surface area contributed by atoms with E-state index in [1.165, 1.54) is 0 Å². The van der Waals surface area contributed by atoms with Crippen molar-refractivity contribution in [2.75, 3.05) is 6.54 Å². The molecule has 0 heterocycles. The molecule has 0 saturated heterocycles. The second-order valence-electron chi connectivity index (χ2n) is 6.06. The zero-order valence-corrected chi connectivity index (χ0v) is 13.2. The van der Waals surface area contributed by atoms with E-state index in [-0.39, 0.29) is 5.41 Å². The smallest absolute Gasteiger partial charge is 0.211 e. The highest BCUT2D eigenvalue weighted by molar-refractivity contribution is 7.89. The van der Waals surface area contributed by atoms with E-state index in [2.05, 4.69) is 25.5 Å². The van der Waals surface area contributed by atoms with E-state index < -0.39 is 10.0 Å². The minimum atomic E-state index is -3.35. The standard InChI is InChI=1S/C15H25NO2S/c1-5-13-7-9-14(10-8-13)19(17,18)16-12-6-11-15(2,3)4/h7-10,16H,5-6,11-12H2,1-4H3. The summed E-state index contributed by atoms with van der Waals surface area (Å²) in [5.74, 6) is 0. The molecule has 0 aliphatic rings. The van der Waals surface area contributed by atoms with Gasteiger partial charge in [0.05, 0.1) is 4.90 Å². The molecule has 0 unspecified atom stereocenters. The van der Waals surface area contributed by atoms with Gasteiger partial charge < -0.3 is 0 Å². The van der Waals surface area contributed by atoms with Gasteiger partial charge in [0.1, 0.15) is 0 Å². The molecule has 1 rings (SSSR count). The number of nitrogens with one attached hydrogen (secondary N) is 1. The maximum absolute atomic E-state index is 12.0. The van der Waals surface area contributed by atoms with Crippen molar-refractivity contribution in [3.8, 4) is 0 Å². The Morgan fingerprint density at radius 2 is 1.68 bits per heavy atom. The Balaban J connectivity index is 2.56. The molecule has 0 radical (unpaired) electrons. The summed E-state index contributed by atoms with van der Waals surface area (Å²) >= 11 is 0. The average Bonchev–Trinajstić information content (AvgIpc) is 2.34. The van der Waals surface area contributed by atoms with Crippen molar-refractivity contribution in [1.82, 2.24) is 4.72 Å². The van der Waals surface area contributed by atoms with Gasteiger partial charge in [-0.15, -0.1) is 0 Å². The summed E-state index contributed by atoms with van der Waals surface area (Å²) in [6.07, 6.45) is 2.78. The summed E-state index contributed by atoms with van der Waals surface area (Å²) in [7, 11) is -3.35. The summed E-state index contributed by atoms with van der Waals surface area (Å²) in [4.78, 5) is 0.348. The van der Waals surface area contributed by atoms with Crippen molar-refractivity contribution < 1.29 is 8.42 Å². The second kappa shape index (κ2) is 6.53. The molecule has 108 valence electrons. The molecule has 0 bridgehead atoms. The molecule has 1 N–H and O–H groups in total. The maximum atomic E-state index is 12.0.